The smallest absolute Gasteiger partial charge is 0.360 e. The fraction of sp³-hybridized carbons (Fsp3) is 0.0909. The Bertz CT molecular complexity index is 721. The van der Waals surface area contributed by atoms with Gasteiger partial charge < -0.3 is 19.6 Å². The first-order chi connectivity index (χ1) is 9.51. The lowest BCUT2D eigenvalue weighted by Crippen LogP contribution is -2.14. The van der Waals surface area contributed by atoms with Gasteiger partial charge in [-0.25, -0.2) is 4.79 Å². The highest BCUT2D eigenvalue weighted by Crippen LogP contribution is 2.09. The van der Waals surface area contributed by atoms with Crippen molar-refractivity contribution in [1.82, 2.24) is 10.1 Å². The van der Waals surface area contributed by atoms with Crippen LogP contribution >= 0.6 is 11.6 Å². The molecule has 2 aromatic heterocycles. The van der Waals surface area contributed by atoms with Gasteiger partial charge >= 0.3 is 5.97 Å². The van der Waals surface area contributed by atoms with Crippen LogP contribution < -0.4 is 10.7 Å². The zero-order valence-corrected chi connectivity index (χ0v) is 10.9. The van der Waals surface area contributed by atoms with Crippen LogP contribution in [0.15, 0.2) is 27.6 Å². The van der Waals surface area contributed by atoms with Gasteiger partial charge in [0.05, 0.1) is 7.11 Å². The molecule has 2 heterocycles. The van der Waals surface area contributed by atoms with E-state index in [4.69, 9.17) is 16.1 Å². The van der Waals surface area contributed by atoms with Gasteiger partial charge in [0, 0.05) is 18.3 Å². The Morgan fingerprint density at radius 3 is 2.85 bits per heavy atom. The molecule has 0 aliphatic rings. The molecule has 0 aliphatic heterocycles. The topological polar surface area (TPSA) is 114 Å². The predicted octanol–water partition coefficient (Wildman–Crippen LogP) is 1.06. The van der Waals surface area contributed by atoms with Crippen molar-refractivity contribution in [2.75, 3.05) is 12.4 Å². The molecule has 0 saturated heterocycles. The van der Waals surface area contributed by atoms with E-state index in [0.29, 0.717) is 0 Å². The van der Waals surface area contributed by atoms with Crippen molar-refractivity contribution in [2.24, 2.45) is 0 Å². The number of hydrogen-bond acceptors (Lipinski definition) is 6. The molecule has 8 nitrogen and oxygen atoms in total. The van der Waals surface area contributed by atoms with Crippen molar-refractivity contribution in [1.29, 1.82) is 0 Å². The molecule has 0 fully saturated rings. The van der Waals surface area contributed by atoms with Crippen LogP contribution in [0.4, 0.5) is 5.82 Å². The molecule has 0 radical (unpaired) electrons. The molecule has 0 spiro atoms. The second-order valence-electron chi connectivity index (χ2n) is 3.58. The van der Waals surface area contributed by atoms with Gasteiger partial charge in [-0.15, -0.1) is 0 Å². The van der Waals surface area contributed by atoms with Crippen molar-refractivity contribution in [2.45, 2.75) is 0 Å². The van der Waals surface area contributed by atoms with E-state index in [0.717, 1.165) is 12.1 Å². The van der Waals surface area contributed by atoms with E-state index in [1.807, 2.05) is 0 Å². The zero-order valence-electron chi connectivity index (χ0n) is 10.1. The molecule has 9 heteroatoms. The number of methoxy groups -OCH3 is 1. The number of halogens is 1. The predicted molar refractivity (Wildman–Crippen MR) is 67.9 cm³/mol. The second kappa shape index (κ2) is 5.57. The number of carbonyl (C=O) groups excluding carboxylic acids is 2. The van der Waals surface area contributed by atoms with Crippen LogP contribution in [0.5, 0.6) is 0 Å². The van der Waals surface area contributed by atoms with E-state index in [2.05, 4.69) is 20.2 Å². The van der Waals surface area contributed by atoms with Crippen molar-refractivity contribution in [3.63, 3.8) is 0 Å². The second-order valence-corrected chi connectivity index (χ2v) is 3.99. The number of amides is 1. The minimum Gasteiger partial charge on any atom is -0.464 e. The van der Waals surface area contributed by atoms with Gasteiger partial charge in [-0.2, -0.15) is 0 Å². The summed E-state index contributed by atoms with van der Waals surface area (Å²) < 4.78 is 9.12. The number of aromatic nitrogens is 2. The van der Waals surface area contributed by atoms with Crippen LogP contribution in [0.25, 0.3) is 0 Å². The molecular formula is C11H8ClN3O5. The largest absolute Gasteiger partial charge is 0.464 e. The van der Waals surface area contributed by atoms with Gasteiger partial charge in [0.15, 0.2) is 5.69 Å². The molecule has 0 aromatic carbocycles. The summed E-state index contributed by atoms with van der Waals surface area (Å²) in [5, 5.41) is 5.73. The Hall–Kier alpha value is -2.61. The normalized spacial score (nSPS) is 10.1. The summed E-state index contributed by atoms with van der Waals surface area (Å²) in [6.07, 6.45) is 1.24. The van der Waals surface area contributed by atoms with Crippen LogP contribution in [-0.2, 0) is 4.74 Å². The number of carbonyl (C=O) groups is 2. The van der Waals surface area contributed by atoms with Crippen molar-refractivity contribution >= 4 is 29.3 Å². The molecule has 2 N–H and O–H groups in total. The first-order valence-electron chi connectivity index (χ1n) is 5.26. The number of rotatable bonds is 3. The maximum absolute atomic E-state index is 11.8. The summed E-state index contributed by atoms with van der Waals surface area (Å²) in [5.41, 5.74) is -0.587. The minimum absolute atomic E-state index is 0.00404. The van der Waals surface area contributed by atoms with Crippen LogP contribution in [0.1, 0.15) is 21.0 Å². The average molecular weight is 298 g/mol. The summed E-state index contributed by atoms with van der Waals surface area (Å²) in [6, 6.07) is 2.23. The molecule has 2 aromatic rings. The van der Waals surface area contributed by atoms with Gasteiger partial charge in [0.25, 0.3) is 5.91 Å². The van der Waals surface area contributed by atoms with E-state index >= 15 is 0 Å². The van der Waals surface area contributed by atoms with Crippen molar-refractivity contribution in [3.05, 3.63) is 45.0 Å². The molecule has 0 aliphatic carbocycles. The highest BCUT2D eigenvalue weighted by molar-refractivity contribution is 6.30. The fourth-order valence-electron chi connectivity index (χ4n) is 1.29. The SMILES string of the molecule is COC(=O)c1cc(C(=O)Nc2cc(=O)c(Cl)c[nH]2)on1. The molecule has 20 heavy (non-hydrogen) atoms. The Kier molecular flexibility index (Phi) is 3.85. The van der Waals surface area contributed by atoms with Crippen LogP contribution in [0, 0.1) is 0 Å². The lowest BCUT2D eigenvalue weighted by atomic mass is 10.3. The molecule has 0 bridgehead atoms. The Labute approximate surface area is 116 Å². The number of aromatic amines is 1. The van der Waals surface area contributed by atoms with E-state index in [1.165, 1.54) is 13.3 Å². The van der Waals surface area contributed by atoms with Gasteiger partial charge in [0.1, 0.15) is 10.8 Å². The van der Waals surface area contributed by atoms with Gasteiger partial charge in [0.2, 0.25) is 11.2 Å². The standard InChI is InChI=1S/C11H8ClN3O5/c1-19-11(18)6-2-8(20-15-6)10(17)14-9-3-7(16)5(12)4-13-9/h2-4H,1H3,(H2,13,14,16,17). The maximum Gasteiger partial charge on any atom is 0.360 e. The summed E-state index contributed by atoms with van der Waals surface area (Å²) in [7, 11) is 1.18. The highest BCUT2D eigenvalue weighted by atomic mass is 35.5. The Balaban J connectivity index is 2.15. The third-order valence-corrected chi connectivity index (χ3v) is 2.54. The Morgan fingerprint density at radius 2 is 2.20 bits per heavy atom. The van der Waals surface area contributed by atoms with E-state index < -0.39 is 17.3 Å². The Morgan fingerprint density at radius 1 is 1.45 bits per heavy atom. The van der Waals surface area contributed by atoms with Gasteiger partial charge in [-0.05, 0) is 0 Å². The van der Waals surface area contributed by atoms with Crippen molar-refractivity contribution in [3.8, 4) is 0 Å². The molecule has 1 amide bonds. The van der Waals surface area contributed by atoms with Crippen LogP contribution in [0.2, 0.25) is 5.02 Å². The van der Waals surface area contributed by atoms with Crippen LogP contribution in [-0.4, -0.2) is 29.1 Å². The third kappa shape index (κ3) is 2.86. The summed E-state index contributed by atoms with van der Waals surface area (Å²) in [4.78, 5) is 36.8. The van der Waals surface area contributed by atoms with E-state index in [9.17, 15) is 14.4 Å². The number of nitrogens with zero attached hydrogens (tertiary/aromatic N) is 1. The average Bonchev–Trinajstić information content (AvgIpc) is 2.92. The molecule has 0 unspecified atom stereocenters. The molecular weight excluding hydrogens is 290 g/mol. The maximum atomic E-state index is 11.8. The van der Waals surface area contributed by atoms with E-state index in [1.54, 1.807) is 0 Å². The first kappa shape index (κ1) is 13.8. The summed E-state index contributed by atoms with van der Waals surface area (Å²) in [5.74, 6) is -1.50. The summed E-state index contributed by atoms with van der Waals surface area (Å²) >= 11 is 5.55. The summed E-state index contributed by atoms with van der Waals surface area (Å²) in [6.45, 7) is 0. The zero-order chi connectivity index (χ0) is 14.7. The molecule has 2 rings (SSSR count). The van der Waals surface area contributed by atoms with Gasteiger partial charge in [-0.1, -0.05) is 16.8 Å². The number of esters is 1. The van der Waals surface area contributed by atoms with Crippen LogP contribution in [0.3, 0.4) is 0 Å². The first-order valence-corrected chi connectivity index (χ1v) is 5.63. The highest BCUT2D eigenvalue weighted by Gasteiger charge is 2.18. The number of anilines is 1. The molecule has 104 valence electrons. The molecule has 0 saturated carbocycles. The minimum atomic E-state index is -0.729. The number of nitrogens with one attached hydrogen (secondary N) is 2. The van der Waals surface area contributed by atoms with Crippen molar-refractivity contribution < 1.29 is 18.8 Å². The quantitative estimate of drug-likeness (QED) is 0.819. The lowest BCUT2D eigenvalue weighted by molar-refractivity contribution is 0.0588. The number of H-pyrrole nitrogens is 1. The number of ether oxygens (including phenoxy) is 1. The molecule has 0 atom stereocenters. The van der Waals surface area contributed by atoms with Gasteiger partial charge in [-0.3, -0.25) is 9.59 Å². The number of pyridine rings is 1. The fourth-order valence-corrected chi connectivity index (χ4v) is 1.40. The number of hydrogen-bond donors (Lipinski definition) is 2. The third-order valence-electron chi connectivity index (χ3n) is 2.24. The monoisotopic (exact) mass is 297 g/mol. The lowest BCUT2D eigenvalue weighted by Gasteiger charge is -2.01. The van der Waals surface area contributed by atoms with E-state index in [-0.39, 0.29) is 22.3 Å².